The van der Waals surface area contributed by atoms with Crippen molar-refractivity contribution in [1.82, 2.24) is 15.0 Å². The standard InChI is InChI=1S/C20H23N3O4/c1-20(2)14-11-17(25-4)16(24-3)10-13(14)7-8-23(20)12-18-21-19(22-27-18)15-6-5-9-26-15/h5-6,9-11H,7-8,12H2,1-4H3. The van der Waals surface area contributed by atoms with Gasteiger partial charge in [0.1, 0.15) is 0 Å². The number of aromatic nitrogens is 2. The highest BCUT2D eigenvalue weighted by atomic mass is 16.5. The minimum Gasteiger partial charge on any atom is -0.493 e. The number of hydrogen-bond acceptors (Lipinski definition) is 7. The van der Waals surface area contributed by atoms with Crippen molar-refractivity contribution in [2.24, 2.45) is 0 Å². The van der Waals surface area contributed by atoms with Gasteiger partial charge in [0.25, 0.3) is 0 Å². The molecule has 0 N–H and O–H groups in total. The molecule has 0 saturated carbocycles. The number of furan rings is 1. The van der Waals surface area contributed by atoms with Gasteiger partial charge in [-0.3, -0.25) is 4.90 Å². The van der Waals surface area contributed by atoms with Crippen LogP contribution >= 0.6 is 0 Å². The average Bonchev–Trinajstić information content (AvgIpc) is 3.34. The molecule has 0 unspecified atom stereocenters. The van der Waals surface area contributed by atoms with E-state index in [1.165, 1.54) is 11.1 Å². The lowest BCUT2D eigenvalue weighted by molar-refractivity contribution is 0.0842. The van der Waals surface area contributed by atoms with Crippen LogP contribution in [0.1, 0.15) is 30.9 Å². The average molecular weight is 369 g/mol. The summed E-state index contributed by atoms with van der Waals surface area (Å²) in [6.45, 7) is 5.84. The predicted molar refractivity (Wildman–Crippen MR) is 98.7 cm³/mol. The third-order valence-electron chi connectivity index (χ3n) is 5.25. The zero-order valence-corrected chi connectivity index (χ0v) is 16.0. The highest BCUT2D eigenvalue weighted by Gasteiger charge is 2.36. The molecule has 2 aromatic heterocycles. The maximum Gasteiger partial charge on any atom is 0.241 e. The van der Waals surface area contributed by atoms with E-state index in [1.807, 2.05) is 6.07 Å². The fourth-order valence-electron chi connectivity index (χ4n) is 3.67. The normalized spacial score (nSPS) is 16.1. The van der Waals surface area contributed by atoms with Crippen LogP contribution in [-0.2, 0) is 18.5 Å². The summed E-state index contributed by atoms with van der Waals surface area (Å²) in [5, 5.41) is 4.02. The van der Waals surface area contributed by atoms with Crippen LogP contribution in [-0.4, -0.2) is 35.8 Å². The Bertz CT molecular complexity index is 931. The van der Waals surface area contributed by atoms with E-state index in [1.54, 1.807) is 26.5 Å². The zero-order chi connectivity index (χ0) is 19.0. The molecule has 0 aliphatic carbocycles. The molecule has 1 aliphatic rings. The molecule has 0 bridgehead atoms. The zero-order valence-electron chi connectivity index (χ0n) is 16.0. The van der Waals surface area contributed by atoms with Gasteiger partial charge in [-0.1, -0.05) is 5.16 Å². The van der Waals surface area contributed by atoms with Gasteiger partial charge >= 0.3 is 0 Å². The lowest BCUT2D eigenvalue weighted by Gasteiger charge is -2.43. The van der Waals surface area contributed by atoms with E-state index in [4.69, 9.17) is 18.4 Å². The van der Waals surface area contributed by atoms with Crippen molar-refractivity contribution in [1.29, 1.82) is 0 Å². The molecule has 0 radical (unpaired) electrons. The van der Waals surface area contributed by atoms with E-state index in [9.17, 15) is 0 Å². The summed E-state index contributed by atoms with van der Waals surface area (Å²) >= 11 is 0. The molecule has 0 atom stereocenters. The van der Waals surface area contributed by atoms with E-state index in [0.29, 0.717) is 24.0 Å². The van der Waals surface area contributed by atoms with Crippen molar-refractivity contribution in [3.63, 3.8) is 0 Å². The molecule has 1 aliphatic heterocycles. The molecule has 0 amide bonds. The Morgan fingerprint density at radius 3 is 2.67 bits per heavy atom. The first kappa shape index (κ1) is 17.6. The molecular weight excluding hydrogens is 346 g/mol. The smallest absolute Gasteiger partial charge is 0.241 e. The highest BCUT2D eigenvalue weighted by Crippen LogP contribution is 2.41. The Morgan fingerprint density at radius 1 is 1.19 bits per heavy atom. The molecule has 0 spiro atoms. The van der Waals surface area contributed by atoms with E-state index in [2.05, 4.69) is 41.0 Å². The number of benzene rings is 1. The highest BCUT2D eigenvalue weighted by molar-refractivity contribution is 5.50. The van der Waals surface area contributed by atoms with Gasteiger partial charge < -0.3 is 18.4 Å². The van der Waals surface area contributed by atoms with Crippen molar-refractivity contribution in [2.75, 3.05) is 20.8 Å². The maximum absolute atomic E-state index is 5.50. The molecular formula is C20H23N3O4. The Labute approximate surface area is 157 Å². The summed E-state index contributed by atoms with van der Waals surface area (Å²) in [5.41, 5.74) is 2.28. The summed E-state index contributed by atoms with van der Waals surface area (Å²) in [5.74, 6) is 3.14. The van der Waals surface area contributed by atoms with Crippen molar-refractivity contribution in [3.8, 4) is 23.1 Å². The Kier molecular flexibility index (Phi) is 4.39. The maximum atomic E-state index is 5.50. The van der Waals surface area contributed by atoms with Crippen molar-refractivity contribution in [3.05, 3.63) is 47.5 Å². The SMILES string of the molecule is COc1cc2c(cc1OC)C(C)(C)N(Cc1nc(-c3ccco3)no1)CC2. The molecule has 0 saturated heterocycles. The predicted octanol–water partition coefficient (Wildman–Crippen LogP) is 3.64. The quantitative estimate of drug-likeness (QED) is 0.680. The van der Waals surface area contributed by atoms with Crippen molar-refractivity contribution >= 4 is 0 Å². The summed E-state index contributed by atoms with van der Waals surface area (Å²) < 4.78 is 21.7. The van der Waals surface area contributed by atoms with E-state index >= 15 is 0 Å². The molecule has 3 heterocycles. The van der Waals surface area contributed by atoms with Gasteiger partial charge in [0.05, 0.1) is 27.0 Å². The third kappa shape index (κ3) is 3.08. The number of hydrogen-bond donors (Lipinski definition) is 0. The molecule has 7 heteroatoms. The van der Waals surface area contributed by atoms with Gasteiger partial charge in [-0.2, -0.15) is 4.98 Å². The number of rotatable bonds is 5. The molecule has 1 aromatic carbocycles. The lowest BCUT2D eigenvalue weighted by atomic mass is 9.83. The largest absolute Gasteiger partial charge is 0.493 e. The van der Waals surface area contributed by atoms with Crippen molar-refractivity contribution < 1.29 is 18.4 Å². The third-order valence-corrected chi connectivity index (χ3v) is 5.25. The van der Waals surface area contributed by atoms with Crippen LogP contribution in [0.4, 0.5) is 0 Å². The summed E-state index contributed by atoms with van der Waals surface area (Å²) in [6, 6.07) is 7.77. The molecule has 4 rings (SSSR count). The van der Waals surface area contributed by atoms with Gasteiger partial charge in [-0.15, -0.1) is 0 Å². The second-order valence-corrected chi connectivity index (χ2v) is 7.08. The summed E-state index contributed by atoms with van der Waals surface area (Å²) in [4.78, 5) is 6.81. The fourth-order valence-corrected chi connectivity index (χ4v) is 3.67. The number of fused-ring (bicyclic) bond motifs is 1. The molecule has 142 valence electrons. The number of nitrogens with zero attached hydrogens (tertiary/aromatic N) is 3. The van der Waals surface area contributed by atoms with E-state index < -0.39 is 0 Å². The van der Waals surface area contributed by atoms with E-state index in [-0.39, 0.29) is 5.54 Å². The van der Waals surface area contributed by atoms with Crippen LogP contribution in [0.5, 0.6) is 11.5 Å². The van der Waals surface area contributed by atoms with Crippen LogP contribution in [0, 0.1) is 0 Å². The van der Waals surface area contributed by atoms with Gasteiger partial charge in [0.2, 0.25) is 11.7 Å². The van der Waals surface area contributed by atoms with Crippen molar-refractivity contribution in [2.45, 2.75) is 32.4 Å². The Hall–Kier alpha value is -2.80. The first-order chi connectivity index (χ1) is 13.0. The summed E-state index contributed by atoms with van der Waals surface area (Å²) in [6.07, 6.45) is 2.51. The fraction of sp³-hybridized carbons (Fsp3) is 0.400. The summed E-state index contributed by atoms with van der Waals surface area (Å²) in [7, 11) is 3.32. The van der Waals surface area contributed by atoms with Crippen LogP contribution in [0.2, 0.25) is 0 Å². The minimum atomic E-state index is -0.216. The Morgan fingerprint density at radius 2 is 1.96 bits per heavy atom. The van der Waals surface area contributed by atoms with Crippen LogP contribution < -0.4 is 9.47 Å². The first-order valence-electron chi connectivity index (χ1n) is 8.90. The van der Waals surface area contributed by atoms with Crippen LogP contribution in [0.25, 0.3) is 11.6 Å². The number of ether oxygens (including phenoxy) is 2. The van der Waals surface area contributed by atoms with Crippen LogP contribution in [0.3, 0.4) is 0 Å². The lowest BCUT2D eigenvalue weighted by Crippen LogP contribution is -2.46. The van der Waals surface area contributed by atoms with Gasteiger partial charge in [-0.25, -0.2) is 0 Å². The second kappa shape index (κ2) is 6.74. The van der Waals surface area contributed by atoms with Crippen LogP contribution in [0.15, 0.2) is 39.5 Å². The number of methoxy groups -OCH3 is 2. The molecule has 0 fully saturated rings. The monoisotopic (exact) mass is 369 g/mol. The molecule has 27 heavy (non-hydrogen) atoms. The van der Waals surface area contributed by atoms with Gasteiger partial charge in [0, 0.05) is 12.1 Å². The minimum absolute atomic E-state index is 0.216. The second-order valence-electron chi connectivity index (χ2n) is 7.08. The Balaban J connectivity index is 1.61. The van der Waals surface area contributed by atoms with Gasteiger partial charge in [0.15, 0.2) is 17.3 Å². The van der Waals surface area contributed by atoms with E-state index in [0.717, 1.165) is 24.5 Å². The molecule has 7 nitrogen and oxygen atoms in total. The topological polar surface area (TPSA) is 73.8 Å². The molecule has 3 aromatic rings. The first-order valence-corrected chi connectivity index (χ1v) is 8.90. The van der Waals surface area contributed by atoms with Gasteiger partial charge in [-0.05, 0) is 55.7 Å².